The van der Waals surface area contributed by atoms with E-state index in [1.165, 1.54) is 0 Å². The van der Waals surface area contributed by atoms with Crippen molar-refractivity contribution in [3.63, 3.8) is 0 Å². The van der Waals surface area contributed by atoms with Gasteiger partial charge >= 0.3 is 0 Å². The molecule has 5 heteroatoms. The Bertz CT molecular complexity index is 475. The van der Waals surface area contributed by atoms with Gasteiger partial charge in [-0.05, 0) is 24.6 Å². The SMILES string of the molecule is CN(C)c1cccc(C(=O)NC2CCC(=O)NC2)c1. The highest BCUT2D eigenvalue weighted by Gasteiger charge is 2.20. The second-order valence-electron chi connectivity index (χ2n) is 4.96. The molecule has 1 atom stereocenters. The third-order valence-electron chi connectivity index (χ3n) is 3.23. The van der Waals surface area contributed by atoms with E-state index in [1.807, 2.05) is 37.2 Å². The maximum Gasteiger partial charge on any atom is 0.251 e. The first kappa shape index (κ1) is 13.4. The van der Waals surface area contributed by atoms with Crippen LogP contribution < -0.4 is 15.5 Å². The quantitative estimate of drug-likeness (QED) is 0.844. The normalized spacial score (nSPS) is 18.6. The molecule has 2 amide bonds. The summed E-state index contributed by atoms with van der Waals surface area (Å²) in [5, 5.41) is 5.71. The third-order valence-corrected chi connectivity index (χ3v) is 3.23. The van der Waals surface area contributed by atoms with Crippen LogP contribution in [-0.2, 0) is 4.79 Å². The van der Waals surface area contributed by atoms with Crippen molar-refractivity contribution < 1.29 is 9.59 Å². The number of nitrogens with one attached hydrogen (secondary N) is 2. The monoisotopic (exact) mass is 261 g/mol. The second kappa shape index (κ2) is 5.73. The molecule has 1 unspecified atom stereocenters. The van der Waals surface area contributed by atoms with Crippen LogP contribution in [-0.4, -0.2) is 38.5 Å². The summed E-state index contributed by atoms with van der Waals surface area (Å²) in [7, 11) is 3.88. The standard InChI is InChI=1S/C14H19N3O2/c1-17(2)12-5-3-4-10(8-12)14(19)16-11-6-7-13(18)15-9-11/h3-5,8,11H,6-7,9H2,1-2H3,(H,15,18)(H,16,19). The Hall–Kier alpha value is -2.04. The molecule has 0 bridgehead atoms. The van der Waals surface area contributed by atoms with Crippen LogP contribution in [0.1, 0.15) is 23.2 Å². The Kier molecular flexibility index (Phi) is 4.04. The molecule has 0 saturated carbocycles. The molecule has 1 heterocycles. The Morgan fingerprint density at radius 2 is 2.21 bits per heavy atom. The van der Waals surface area contributed by atoms with E-state index in [0.717, 1.165) is 5.69 Å². The van der Waals surface area contributed by atoms with Crippen molar-refractivity contribution >= 4 is 17.5 Å². The lowest BCUT2D eigenvalue weighted by Crippen LogP contribution is -2.47. The lowest BCUT2D eigenvalue weighted by atomic mass is 10.1. The molecule has 2 rings (SSSR count). The van der Waals surface area contributed by atoms with Crippen LogP contribution in [0.5, 0.6) is 0 Å². The number of carbonyl (C=O) groups is 2. The zero-order chi connectivity index (χ0) is 13.8. The highest BCUT2D eigenvalue weighted by molar-refractivity contribution is 5.95. The molecule has 1 aliphatic rings. The van der Waals surface area contributed by atoms with E-state index in [4.69, 9.17) is 0 Å². The minimum Gasteiger partial charge on any atom is -0.378 e. The summed E-state index contributed by atoms with van der Waals surface area (Å²) in [6, 6.07) is 7.50. The summed E-state index contributed by atoms with van der Waals surface area (Å²) < 4.78 is 0. The fourth-order valence-corrected chi connectivity index (χ4v) is 2.05. The lowest BCUT2D eigenvalue weighted by Gasteiger charge is -2.23. The Balaban J connectivity index is 1.99. The number of hydrogen-bond acceptors (Lipinski definition) is 3. The van der Waals surface area contributed by atoms with Gasteiger partial charge < -0.3 is 15.5 Å². The van der Waals surface area contributed by atoms with Crippen molar-refractivity contribution in [3.05, 3.63) is 29.8 Å². The van der Waals surface area contributed by atoms with Crippen molar-refractivity contribution in [3.8, 4) is 0 Å². The van der Waals surface area contributed by atoms with Gasteiger partial charge in [0.05, 0.1) is 0 Å². The molecule has 0 aliphatic carbocycles. The number of benzene rings is 1. The fraction of sp³-hybridized carbons (Fsp3) is 0.429. The second-order valence-corrected chi connectivity index (χ2v) is 4.96. The van der Waals surface area contributed by atoms with Crippen LogP contribution in [0, 0.1) is 0 Å². The summed E-state index contributed by atoms with van der Waals surface area (Å²) in [4.78, 5) is 25.1. The largest absolute Gasteiger partial charge is 0.378 e. The van der Waals surface area contributed by atoms with E-state index in [-0.39, 0.29) is 17.9 Å². The van der Waals surface area contributed by atoms with Crippen molar-refractivity contribution in [2.45, 2.75) is 18.9 Å². The van der Waals surface area contributed by atoms with Crippen LogP contribution in [0.4, 0.5) is 5.69 Å². The molecule has 5 nitrogen and oxygen atoms in total. The van der Waals surface area contributed by atoms with Gasteiger partial charge in [-0.2, -0.15) is 0 Å². The van der Waals surface area contributed by atoms with Crippen molar-refractivity contribution in [1.82, 2.24) is 10.6 Å². The topological polar surface area (TPSA) is 61.4 Å². The van der Waals surface area contributed by atoms with Gasteiger partial charge in [-0.15, -0.1) is 0 Å². The molecule has 1 aromatic carbocycles. The first-order chi connectivity index (χ1) is 9.06. The molecule has 0 aromatic heterocycles. The molecule has 1 saturated heterocycles. The van der Waals surface area contributed by atoms with Crippen LogP contribution in [0.2, 0.25) is 0 Å². The number of nitrogens with zero attached hydrogens (tertiary/aromatic N) is 1. The van der Waals surface area contributed by atoms with Gasteiger partial charge in [0.25, 0.3) is 5.91 Å². The summed E-state index contributed by atoms with van der Waals surface area (Å²) in [6.07, 6.45) is 1.17. The summed E-state index contributed by atoms with van der Waals surface area (Å²) in [5.41, 5.74) is 1.63. The van der Waals surface area contributed by atoms with Crippen molar-refractivity contribution in [2.24, 2.45) is 0 Å². The molecule has 2 N–H and O–H groups in total. The minimum atomic E-state index is -0.0927. The van der Waals surface area contributed by atoms with E-state index in [1.54, 1.807) is 6.07 Å². The highest BCUT2D eigenvalue weighted by Crippen LogP contribution is 2.14. The Morgan fingerprint density at radius 3 is 2.84 bits per heavy atom. The van der Waals surface area contributed by atoms with Gasteiger partial charge in [-0.3, -0.25) is 9.59 Å². The maximum absolute atomic E-state index is 12.1. The Morgan fingerprint density at radius 1 is 1.42 bits per heavy atom. The van der Waals surface area contributed by atoms with E-state index >= 15 is 0 Å². The zero-order valence-electron chi connectivity index (χ0n) is 11.3. The molecule has 1 aliphatic heterocycles. The van der Waals surface area contributed by atoms with Crippen molar-refractivity contribution in [1.29, 1.82) is 0 Å². The first-order valence-electron chi connectivity index (χ1n) is 6.41. The molecular weight excluding hydrogens is 242 g/mol. The summed E-state index contributed by atoms with van der Waals surface area (Å²) in [6.45, 7) is 0.512. The number of hydrogen-bond donors (Lipinski definition) is 2. The molecule has 1 aromatic rings. The first-order valence-corrected chi connectivity index (χ1v) is 6.41. The van der Waals surface area contributed by atoms with E-state index in [0.29, 0.717) is 24.9 Å². The van der Waals surface area contributed by atoms with Gasteiger partial charge in [0, 0.05) is 44.4 Å². The number of rotatable bonds is 3. The summed E-state index contributed by atoms with van der Waals surface area (Å²) >= 11 is 0. The van der Waals surface area contributed by atoms with Gasteiger partial charge in [-0.25, -0.2) is 0 Å². The van der Waals surface area contributed by atoms with E-state index in [9.17, 15) is 9.59 Å². The average Bonchev–Trinajstić information content (AvgIpc) is 2.41. The van der Waals surface area contributed by atoms with Crippen LogP contribution in [0.15, 0.2) is 24.3 Å². The van der Waals surface area contributed by atoms with Gasteiger partial charge in [-0.1, -0.05) is 6.07 Å². The number of piperidine rings is 1. The smallest absolute Gasteiger partial charge is 0.251 e. The predicted octanol–water partition coefficient (Wildman–Crippen LogP) is 0.761. The van der Waals surface area contributed by atoms with E-state index in [2.05, 4.69) is 10.6 Å². The van der Waals surface area contributed by atoms with Gasteiger partial charge in [0.1, 0.15) is 0 Å². The zero-order valence-corrected chi connectivity index (χ0v) is 11.3. The molecular formula is C14H19N3O2. The molecule has 19 heavy (non-hydrogen) atoms. The Labute approximate surface area is 113 Å². The predicted molar refractivity (Wildman–Crippen MR) is 74.3 cm³/mol. The molecule has 0 radical (unpaired) electrons. The maximum atomic E-state index is 12.1. The van der Waals surface area contributed by atoms with Crippen molar-refractivity contribution in [2.75, 3.05) is 25.5 Å². The number of carbonyl (C=O) groups excluding carboxylic acids is 2. The fourth-order valence-electron chi connectivity index (χ4n) is 2.05. The molecule has 102 valence electrons. The minimum absolute atomic E-state index is 0.0215. The van der Waals surface area contributed by atoms with Crippen LogP contribution in [0.3, 0.4) is 0 Å². The van der Waals surface area contributed by atoms with Gasteiger partial charge in [0.2, 0.25) is 5.91 Å². The van der Waals surface area contributed by atoms with Crippen LogP contribution in [0.25, 0.3) is 0 Å². The van der Waals surface area contributed by atoms with Crippen LogP contribution >= 0.6 is 0 Å². The number of amides is 2. The molecule has 1 fully saturated rings. The average molecular weight is 261 g/mol. The summed E-state index contributed by atoms with van der Waals surface area (Å²) in [5.74, 6) is -0.0371. The van der Waals surface area contributed by atoms with Gasteiger partial charge in [0.15, 0.2) is 0 Å². The third kappa shape index (κ3) is 3.47. The lowest BCUT2D eigenvalue weighted by molar-refractivity contribution is -0.122. The highest BCUT2D eigenvalue weighted by atomic mass is 16.2. The molecule has 0 spiro atoms. The van der Waals surface area contributed by atoms with E-state index < -0.39 is 0 Å². The number of anilines is 1.